The molecular weight excluding hydrogens is 715 g/mol. The van der Waals surface area contributed by atoms with Crippen LogP contribution in [0, 0.1) is 0 Å². The van der Waals surface area contributed by atoms with Gasteiger partial charge in [-0.25, -0.2) is 0 Å². The van der Waals surface area contributed by atoms with Crippen LogP contribution in [0.1, 0.15) is 93.0 Å². The average molecular weight is 757 g/mol. The molecule has 13 heteroatoms. The fourth-order valence-corrected chi connectivity index (χ4v) is 12.0. The zero-order valence-electron chi connectivity index (χ0n) is 29.5. The molecule has 0 aromatic heterocycles. The first-order valence-corrected chi connectivity index (χ1v) is 19.2. The third-order valence-electron chi connectivity index (χ3n) is 9.76. The van der Waals surface area contributed by atoms with Crippen LogP contribution in [-0.4, -0.2) is 37.6 Å². The minimum atomic E-state index is -4.92. The van der Waals surface area contributed by atoms with E-state index in [1.54, 1.807) is 36.4 Å². The SMILES string of the molecule is CC(C)(C)[Si](O[C@@H]1CC[C@@H](NC(=O)C(F)(F)F)c2ccccc21)(c1ccccc1)c1ccccc1.O=C(N[C@@H]1CC[C@@H](O)c2ccccc21)C(F)(F)F. The van der Waals surface area contributed by atoms with E-state index in [9.17, 15) is 41.0 Å². The number of alkyl halides is 6. The highest BCUT2D eigenvalue weighted by Gasteiger charge is 2.52. The van der Waals surface area contributed by atoms with Crippen molar-refractivity contribution < 1.29 is 45.5 Å². The molecule has 282 valence electrons. The summed E-state index contributed by atoms with van der Waals surface area (Å²) in [6, 6.07) is 33.1. The standard InChI is InChI=1S/C28H30F3NO2Si.C12H12F3NO2/c1-27(2,3)35(20-12-6-4-7-13-20,21-14-8-5-9-15-21)34-25-19-18-24(32-26(33)28(29,30)31)22-16-10-11-17-23(22)25;13-12(14,15)11(18)16-9-5-6-10(17)8-4-2-1-3-7(8)9/h4-17,24-25H,18-19H2,1-3H3,(H,32,33);1-4,9-10,17H,5-6H2,(H,16,18)/t24-,25-;9-,10-/m11/s1. The number of rotatable bonds is 6. The Labute approximate surface area is 305 Å². The van der Waals surface area contributed by atoms with E-state index < -0.39 is 50.7 Å². The van der Waals surface area contributed by atoms with Gasteiger partial charge in [-0.1, -0.05) is 130 Å². The van der Waals surface area contributed by atoms with E-state index in [1.807, 2.05) is 53.8 Å². The van der Waals surface area contributed by atoms with Gasteiger partial charge in [0.25, 0.3) is 8.32 Å². The molecule has 6 rings (SSSR count). The Morgan fingerprint density at radius 1 is 0.585 bits per heavy atom. The molecule has 0 spiro atoms. The number of amides is 2. The number of halogens is 6. The Kier molecular flexibility index (Phi) is 11.9. The summed E-state index contributed by atoms with van der Waals surface area (Å²) in [5.74, 6) is -3.86. The number of fused-ring (bicyclic) bond motifs is 2. The summed E-state index contributed by atoms with van der Waals surface area (Å²) in [6.45, 7) is 6.58. The van der Waals surface area contributed by atoms with Crippen molar-refractivity contribution in [1.29, 1.82) is 0 Å². The highest BCUT2D eigenvalue weighted by atomic mass is 28.4. The van der Waals surface area contributed by atoms with Gasteiger partial charge in [0.15, 0.2) is 0 Å². The van der Waals surface area contributed by atoms with Crippen LogP contribution in [0.25, 0.3) is 0 Å². The second kappa shape index (κ2) is 15.9. The summed E-state index contributed by atoms with van der Waals surface area (Å²) in [4.78, 5) is 22.6. The Hall–Kier alpha value is -4.46. The first-order chi connectivity index (χ1) is 24.9. The van der Waals surface area contributed by atoms with E-state index in [4.69, 9.17) is 4.43 Å². The van der Waals surface area contributed by atoms with Crippen molar-refractivity contribution in [1.82, 2.24) is 10.6 Å². The molecule has 0 saturated carbocycles. The molecule has 2 amide bonds. The lowest BCUT2D eigenvalue weighted by Gasteiger charge is -2.46. The molecule has 0 fully saturated rings. The van der Waals surface area contributed by atoms with Gasteiger partial charge in [0.2, 0.25) is 0 Å². The van der Waals surface area contributed by atoms with Gasteiger partial charge in [0.1, 0.15) is 0 Å². The number of carbonyl (C=O) groups is 2. The van der Waals surface area contributed by atoms with Gasteiger partial charge < -0.3 is 20.2 Å². The van der Waals surface area contributed by atoms with Gasteiger partial charge in [0.05, 0.1) is 24.3 Å². The third kappa shape index (κ3) is 8.85. The van der Waals surface area contributed by atoms with E-state index in [0.717, 1.165) is 15.9 Å². The topological polar surface area (TPSA) is 87.7 Å². The molecule has 4 atom stereocenters. The molecule has 0 saturated heterocycles. The lowest BCUT2D eigenvalue weighted by molar-refractivity contribution is -0.174. The zero-order valence-corrected chi connectivity index (χ0v) is 30.5. The Morgan fingerprint density at radius 2 is 0.962 bits per heavy atom. The summed E-state index contributed by atoms with van der Waals surface area (Å²) >= 11 is 0. The van der Waals surface area contributed by atoms with Gasteiger partial charge in [-0.15, -0.1) is 0 Å². The van der Waals surface area contributed by atoms with Gasteiger partial charge in [-0.05, 0) is 63.3 Å². The first kappa shape index (κ1) is 39.7. The largest absolute Gasteiger partial charge is 0.471 e. The van der Waals surface area contributed by atoms with E-state index in [2.05, 4.69) is 50.4 Å². The molecule has 53 heavy (non-hydrogen) atoms. The van der Waals surface area contributed by atoms with Crippen LogP contribution in [-0.2, 0) is 14.0 Å². The molecule has 4 aromatic rings. The molecule has 0 bridgehead atoms. The third-order valence-corrected chi connectivity index (χ3v) is 14.8. The molecule has 0 unspecified atom stereocenters. The predicted octanol–water partition coefficient (Wildman–Crippen LogP) is 8.05. The molecule has 6 nitrogen and oxygen atoms in total. The lowest BCUT2D eigenvalue weighted by Crippen LogP contribution is -2.67. The van der Waals surface area contributed by atoms with Crippen LogP contribution in [0.15, 0.2) is 109 Å². The van der Waals surface area contributed by atoms with Gasteiger partial charge in [0, 0.05) is 0 Å². The zero-order chi connectivity index (χ0) is 38.6. The number of benzene rings is 4. The predicted molar refractivity (Wildman–Crippen MR) is 192 cm³/mol. The van der Waals surface area contributed by atoms with Crippen molar-refractivity contribution in [3.8, 4) is 0 Å². The number of aliphatic hydroxyl groups excluding tert-OH is 1. The Bertz CT molecular complexity index is 1830. The van der Waals surface area contributed by atoms with Gasteiger partial charge >= 0.3 is 24.2 Å². The van der Waals surface area contributed by atoms with Crippen LogP contribution < -0.4 is 21.0 Å². The number of aliphatic hydroxyl groups is 1. The molecule has 2 aliphatic carbocycles. The summed E-state index contributed by atoms with van der Waals surface area (Å²) in [5, 5.41) is 15.9. The minimum Gasteiger partial charge on any atom is -0.400 e. The first-order valence-electron chi connectivity index (χ1n) is 17.3. The summed E-state index contributed by atoms with van der Waals surface area (Å²) in [7, 11) is -2.86. The van der Waals surface area contributed by atoms with Crippen molar-refractivity contribution >= 4 is 30.5 Å². The monoisotopic (exact) mass is 756 g/mol. The van der Waals surface area contributed by atoms with Crippen molar-refractivity contribution in [2.24, 2.45) is 0 Å². The van der Waals surface area contributed by atoms with E-state index >= 15 is 0 Å². The van der Waals surface area contributed by atoms with E-state index in [0.29, 0.717) is 42.4 Å². The Morgan fingerprint density at radius 3 is 1.40 bits per heavy atom. The minimum absolute atomic E-state index is 0.230. The highest BCUT2D eigenvalue weighted by Crippen LogP contribution is 2.45. The normalized spacial score (nSPS) is 20.2. The summed E-state index contributed by atoms with van der Waals surface area (Å²) < 4.78 is 82.7. The molecule has 0 heterocycles. The number of carbonyl (C=O) groups excluding carboxylic acids is 2. The molecule has 4 aromatic carbocycles. The van der Waals surface area contributed by atoms with E-state index in [1.165, 1.54) is 0 Å². The fraction of sp³-hybridized carbons (Fsp3) is 0.350. The average Bonchev–Trinajstić information content (AvgIpc) is 3.12. The summed E-state index contributed by atoms with van der Waals surface area (Å²) in [6.07, 6.45) is -9.30. The molecular formula is C40H42F6N2O4Si. The second-order valence-corrected chi connectivity index (χ2v) is 18.5. The maximum absolute atomic E-state index is 13.0. The second-order valence-electron chi connectivity index (χ2n) is 14.2. The van der Waals surface area contributed by atoms with Crippen LogP contribution in [0.4, 0.5) is 26.3 Å². The van der Waals surface area contributed by atoms with Crippen molar-refractivity contribution in [2.75, 3.05) is 0 Å². The molecule has 3 N–H and O–H groups in total. The molecule has 2 aliphatic rings. The number of nitrogens with one attached hydrogen (secondary N) is 2. The summed E-state index contributed by atoms with van der Waals surface area (Å²) in [5.41, 5.74) is 2.64. The number of hydrogen-bond acceptors (Lipinski definition) is 4. The van der Waals surface area contributed by atoms with Crippen LogP contribution in [0.2, 0.25) is 5.04 Å². The smallest absolute Gasteiger partial charge is 0.400 e. The van der Waals surface area contributed by atoms with Crippen LogP contribution in [0.5, 0.6) is 0 Å². The molecule has 0 radical (unpaired) electrons. The Balaban J connectivity index is 0.000000252. The van der Waals surface area contributed by atoms with Gasteiger partial charge in [-0.2, -0.15) is 26.3 Å². The quantitative estimate of drug-likeness (QED) is 0.137. The van der Waals surface area contributed by atoms with Crippen LogP contribution >= 0.6 is 0 Å². The van der Waals surface area contributed by atoms with Crippen molar-refractivity contribution in [3.05, 3.63) is 131 Å². The van der Waals surface area contributed by atoms with Crippen molar-refractivity contribution in [2.45, 2.75) is 88.1 Å². The maximum atomic E-state index is 13.0. The maximum Gasteiger partial charge on any atom is 0.471 e. The fourth-order valence-electron chi connectivity index (χ4n) is 7.32. The lowest BCUT2D eigenvalue weighted by atomic mass is 9.86. The van der Waals surface area contributed by atoms with Crippen LogP contribution in [0.3, 0.4) is 0 Å². The number of hydrogen-bond donors (Lipinski definition) is 3. The van der Waals surface area contributed by atoms with E-state index in [-0.39, 0.29) is 11.1 Å². The molecule has 0 aliphatic heterocycles. The van der Waals surface area contributed by atoms with Gasteiger partial charge in [-0.3, -0.25) is 9.59 Å². The van der Waals surface area contributed by atoms with Crippen molar-refractivity contribution in [3.63, 3.8) is 0 Å². The highest BCUT2D eigenvalue weighted by molar-refractivity contribution is 6.99.